The maximum absolute atomic E-state index is 6.08. The zero-order chi connectivity index (χ0) is 13.2. The molecule has 0 saturated carbocycles. The van der Waals surface area contributed by atoms with Crippen LogP contribution in [0.1, 0.15) is 0 Å². The quantitative estimate of drug-likeness (QED) is 0.854. The van der Waals surface area contributed by atoms with E-state index in [0.29, 0.717) is 0 Å². The second kappa shape index (κ2) is 5.53. The molecule has 3 nitrogen and oxygen atoms in total. The second-order valence-corrected chi connectivity index (χ2v) is 5.79. The van der Waals surface area contributed by atoms with E-state index >= 15 is 0 Å². The Kier molecular flexibility index (Phi) is 3.78. The maximum Gasteiger partial charge on any atom is 0.0495 e. The molecule has 2 heterocycles. The van der Waals surface area contributed by atoms with Crippen LogP contribution < -0.4 is 0 Å². The number of benzene rings is 1. The van der Waals surface area contributed by atoms with Gasteiger partial charge in [0.1, 0.15) is 0 Å². The molecular weight excluding hydrogens is 258 g/mol. The summed E-state index contributed by atoms with van der Waals surface area (Å²) >= 11 is 6.08. The lowest BCUT2D eigenvalue weighted by atomic mass is 10.2. The van der Waals surface area contributed by atoms with Gasteiger partial charge in [-0.15, -0.1) is 0 Å². The summed E-state index contributed by atoms with van der Waals surface area (Å²) in [6, 6.07) is 8.26. The van der Waals surface area contributed by atoms with Crippen LogP contribution in [0.3, 0.4) is 0 Å². The van der Waals surface area contributed by atoms with Crippen LogP contribution in [0, 0.1) is 0 Å². The lowest BCUT2D eigenvalue weighted by molar-refractivity contribution is 0.150. The van der Waals surface area contributed by atoms with Crippen LogP contribution in [-0.4, -0.2) is 54.1 Å². The van der Waals surface area contributed by atoms with E-state index in [2.05, 4.69) is 45.8 Å². The smallest absolute Gasteiger partial charge is 0.0495 e. The van der Waals surface area contributed by atoms with Crippen molar-refractivity contribution < 1.29 is 0 Å². The summed E-state index contributed by atoms with van der Waals surface area (Å²) in [7, 11) is 2.19. The van der Waals surface area contributed by atoms with Crippen molar-refractivity contribution in [3.05, 3.63) is 35.5 Å². The lowest BCUT2D eigenvalue weighted by Gasteiger charge is -2.32. The average Bonchev–Trinajstić information content (AvgIpc) is 2.80. The molecule has 0 radical (unpaired) electrons. The Labute approximate surface area is 119 Å². The predicted molar refractivity (Wildman–Crippen MR) is 80.9 cm³/mol. The third-order valence-corrected chi connectivity index (χ3v) is 4.22. The first-order chi connectivity index (χ1) is 9.22. The molecule has 1 aromatic heterocycles. The predicted octanol–water partition coefficient (Wildman–Crippen LogP) is 2.54. The number of likely N-dealkylation sites (N-methyl/N-ethyl adjacent to an activating group) is 1. The summed E-state index contributed by atoms with van der Waals surface area (Å²) in [6.07, 6.45) is 2.16. The van der Waals surface area contributed by atoms with E-state index in [1.807, 2.05) is 6.07 Å². The molecule has 102 valence electrons. The van der Waals surface area contributed by atoms with Gasteiger partial charge in [-0.05, 0) is 30.6 Å². The van der Waals surface area contributed by atoms with E-state index in [4.69, 9.17) is 11.6 Å². The molecule has 2 aromatic rings. The van der Waals surface area contributed by atoms with Crippen molar-refractivity contribution in [1.82, 2.24) is 14.4 Å². The Morgan fingerprint density at radius 3 is 2.63 bits per heavy atom. The van der Waals surface area contributed by atoms with Gasteiger partial charge in [0.25, 0.3) is 0 Å². The third-order valence-electron chi connectivity index (χ3n) is 3.99. The summed E-state index contributed by atoms with van der Waals surface area (Å²) < 4.78 is 2.31. The van der Waals surface area contributed by atoms with Crippen LogP contribution in [0.15, 0.2) is 30.5 Å². The molecule has 0 bridgehead atoms. The average molecular weight is 278 g/mol. The monoisotopic (exact) mass is 277 g/mol. The van der Waals surface area contributed by atoms with Crippen LogP contribution in [-0.2, 0) is 6.54 Å². The highest BCUT2D eigenvalue weighted by Gasteiger charge is 2.13. The van der Waals surface area contributed by atoms with Crippen LogP contribution in [0.4, 0.5) is 0 Å². The Hall–Kier alpha value is -1.03. The first-order valence-corrected chi connectivity index (χ1v) is 7.25. The number of aromatic nitrogens is 1. The highest BCUT2D eigenvalue weighted by atomic mass is 35.5. The topological polar surface area (TPSA) is 11.4 Å². The fraction of sp³-hybridized carbons (Fsp3) is 0.467. The number of nitrogens with zero attached hydrogens (tertiary/aromatic N) is 3. The minimum absolute atomic E-state index is 0.812. The number of halogens is 1. The molecule has 0 N–H and O–H groups in total. The van der Waals surface area contributed by atoms with Crippen molar-refractivity contribution in [3.63, 3.8) is 0 Å². The minimum atomic E-state index is 0.812. The van der Waals surface area contributed by atoms with Crippen molar-refractivity contribution in [2.45, 2.75) is 6.54 Å². The van der Waals surface area contributed by atoms with Gasteiger partial charge < -0.3 is 9.47 Å². The maximum atomic E-state index is 6.08. The van der Waals surface area contributed by atoms with Gasteiger partial charge in [0.15, 0.2) is 0 Å². The Balaban J connectivity index is 1.67. The molecule has 1 aliphatic rings. The molecule has 0 unspecified atom stereocenters. The molecular formula is C15H20ClN3. The summed E-state index contributed by atoms with van der Waals surface area (Å²) in [5.41, 5.74) is 1.24. The van der Waals surface area contributed by atoms with Crippen LogP contribution in [0.25, 0.3) is 10.9 Å². The second-order valence-electron chi connectivity index (χ2n) is 5.36. The fourth-order valence-electron chi connectivity index (χ4n) is 2.67. The van der Waals surface area contributed by atoms with Crippen molar-refractivity contribution in [3.8, 4) is 0 Å². The van der Waals surface area contributed by atoms with E-state index in [1.54, 1.807) is 0 Å². The van der Waals surface area contributed by atoms with Gasteiger partial charge in [0, 0.05) is 56.0 Å². The summed E-state index contributed by atoms with van der Waals surface area (Å²) in [6.45, 7) is 6.86. The van der Waals surface area contributed by atoms with Crippen molar-refractivity contribution in [2.75, 3.05) is 39.8 Å². The normalized spacial score (nSPS) is 18.2. The first-order valence-electron chi connectivity index (χ1n) is 6.88. The molecule has 1 fully saturated rings. The molecule has 0 spiro atoms. The van der Waals surface area contributed by atoms with E-state index in [0.717, 1.165) is 18.1 Å². The van der Waals surface area contributed by atoms with Gasteiger partial charge in [0.2, 0.25) is 0 Å². The number of hydrogen-bond donors (Lipinski definition) is 0. The number of fused-ring (bicyclic) bond motifs is 1. The van der Waals surface area contributed by atoms with E-state index in [-0.39, 0.29) is 0 Å². The van der Waals surface area contributed by atoms with Gasteiger partial charge in [-0.25, -0.2) is 0 Å². The molecule has 0 aliphatic carbocycles. The standard InChI is InChI=1S/C15H20ClN3/c1-17-6-8-18(9-7-17)10-11-19-5-4-13-2-3-14(16)12-15(13)19/h2-5,12H,6-11H2,1H3. The Morgan fingerprint density at radius 1 is 1.05 bits per heavy atom. The van der Waals surface area contributed by atoms with Crippen molar-refractivity contribution in [2.24, 2.45) is 0 Å². The van der Waals surface area contributed by atoms with Crippen LogP contribution in [0.5, 0.6) is 0 Å². The molecule has 1 aromatic carbocycles. The summed E-state index contributed by atoms with van der Waals surface area (Å²) in [5.74, 6) is 0. The summed E-state index contributed by atoms with van der Waals surface area (Å²) in [5, 5.41) is 2.08. The highest BCUT2D eigenvalue weighted by Crippen LogP contribution is 2.20. The molecule has 1 saturated heterocycles. The zero-order valence-electron chi connectivity index (χ0n) is 11.3. The van der Waals surface area contributed by atoms with E-state index < -0.39 is 0 Å². The van der Waals surface area contributed by atoms with Crippen LogP contribution in [0.2, 0.25) is 5.02 Å². The molecule has 4 heteroatoms. The SMILES string of the molecule is CN1CCN(CCn2ccc3ccc(Cl)cc32)CC1. The van der Waals surface area contributed by atoms with Gasteiger partial charge in [-0.1, -0.05) is 17.7 Å². The van der Waals surface area contributed by atoms with Gasteiger partial charge in [-0.3, -0.25) is 4.90 Å². The Bertz CT molecular complexity index is 556. The van der Waals surface area contributed by atoms with Crippen LogP contribution >= 0.6 is 11.6 Å². The number of rotatable bonds is 3. The molecule has 3 rings (SSSR count). The van der Waals surface area contributed by atoms with Crippen molar-refractivity contribution in [1.29, 1.82) is 0 Å². The first kappa shape index (κ1) is 13.0. The third kappa shape index (κ3) is 2.94. The largest absolute Gasteiger partial charge is 0.346 e. The van der Waals surface area contributed by atoms with Gasteiger partial charge >= 0.3 is 0 Å². The van der Waals surface area contributed by atoms with Gasteiger partial charge in [-0.2, -0.15) is 0 Å². The molecule has 1 aliphatic heterocycles. The van der Waals surface area contributed by atoms with E-state index in [1.165, 1.54) is 37.1 Å². The fourth-order valence-corrected chi connectivity index (χ4v) is 2.84. The minimum Gasteiger partial charge on any atom is -0.346 e. The highest BCUT2D eigenvalue weighted by molar-refractivity contribution is 6.31. The molecule has 19 heavy (non-hydrogen) atoms. The lowest BCUT2D eigenvalue weighted by Crippen LogP contribution is -2.45. The molecule has 0 amide bonds. The summed E-state index contributed by atoms with van der Waals surface area (Å²) in [4.78, 5) is 4.93. The number of hydrogen-bond acceptors (Lipinski definition) is 2. The van der Waals surface area contributed by atoms with Crippen molar-refractivity contribution >= 4 is 22.5 Å². The van der Waals surface area contributed by atoms with E-state index in [9.17, 15) is 0 Å². The zero-order valence-corrected chi connectivity index (χ0v) is 12.1. The number of piperazine rings is 1. The Morgan fingerprint density at radius 2 is 1.84 bits per heavy atom. The molecule has 0 atom stereocenters. The van der Waals surface area contributed by atoms with Gasteiger partial charge in [0.05, 0.1) is 0 Å².